The molecule has 5 heterocycles. The second-order valence-electron chi connectivity index (χ2n) is 11.8. The molecule has 0 aliphatic carbocycles. The van der Waals surface area contributed by atoms with Gasteiger partial charge in [0.1, 0.15) is 24.1 Å². The minimum Gasteiger partial charge on any atom is -0.507 e. The Kier molecular flexibility index (Phi) is 7.52. The van der Waals surface area contributed by atoms with Gasteiger partial charge in [-0.15, -0.1) is 0 Å². The summed E-state index contributed by atoms with van der Waals surface area (Å²) in [5.74, 6) is 1.37. The molecule has 5 aliphatic heterocycles. The second-order valence-corrected chi connectivity index (χ2v) is 13.0. The fraction of sp³-hybridized carbons (Fsp3) is 0.533. The summed E-state index contributed by atoms with van der Waals surface area (Å²) in [6.45, 7) is 7.70. The van der Waals surface area contributed by atoms with E-state index in [1.165, 1.54) is 0 Å². The van der Waals surface area contributed by atoms with Crippen LogP contribution in [0.2, 0.25) is 0 Å². The van der Waals surface area contributed by atoms with Crippen molar-refractivity contribution in [1.29, 1.82) is 5.26 Å². The number of ether oxygens (including phenoxy) is 3. The van der Waals surface area contributed by atoms with Crippen LogP contribution in [0.1, 0.15) is 63.2 Å². The number of piperazine rings is 1. The first-order valence-corrected chi connectivity index (χ1v) is 14.8. The summed E-state index contributed by atoms with van der Waals surface area (Å²) in [6, 6.07) is 3.02. The Balaban J connectivity index is 0.00000302. The molecule has 213 valence electrons. The molecule has 0 aromatic heterocycles. The summed E-state index contributed by atoms with van der Waals surface area (Å²) < 4.78 is 17.7. The van der Waals surface area contributed by atoms with E-state index >= 15 is 0 Å². The number of cyclic esters (lactones) is 1. The van der Waals surface area contributed by atoms with Gasteiger partial charge in [-0.25, -0.2) is 0 Å². The van der Waals surface area contributed by atoms with Crippen molar-refractivity contribution in [3.05, 3.63) is 45.0 Å². The Labute approximate surface area is 279 Å². The smallest absolute Gasteiger partial charge is 0.309 e. The van der Waals surface area contributed by atoms with Crippen LogP contribution in [0.5, 0.6) is 23.0 Å². The third-order valence-corrected chi connectivity index (χ3v) is 11.4. The molecule has 2 N–H and O–H groups in total. The van der Waals surface area contributed by atoms with Gasteiger partial charge >= 0.3 is 5.97 Å². The Bertz CT molecular complexity index is 1510. The van der Waals surface area contributed by atoms with Crippen LogP contribution in [0.3, 0.4) is 0 Å². The molecule has 2 aromatic rings. The molecular formula is C30H33AcN3O6S. The predicted molar refractivity (Wildman–Crippen MR) is 148 cm³/mol. The zero-order valence-corrected chi connectivity index (χ0v) is 29.4. The van der Waals surface area contributed by atoms with Gasteiger partial charge in [-0.3, -0.25) is 14.6 Å². The van der Waals surface area contributed by atoms with Gasteiger partial charge in [-0.1, -0.05) is 13.0 Å². The SMILES string of the molecule is Cc1cc2c(c(O)c1C)[C@@H]1C3[C@@H]4SCC(C)C(=O)OC[C@H](c5c6c(c(C)c(O)c54)OCO6)N3[C@@H](C#N)[C@@H](C2)N1C.[Ac]. The number of phenolic OH excluding ortho intramolecular Hbond substituents is 2. The Morgan fingerprint density at radius 2 is 1.76 bits per heavy atom. The number of thioether (sulfide) groups is 1. The molecule has 7 rings (SSSR count). The topological polar surface area (TPSA) is 115 Å². The number of aromatic hydroxyl groups is 2. The van der Waals surface area contributed by atoms with Gasteiger partial charge in [0, 0.05) is 84.2 Å². The maximum absolute atomic E-state index is 12.9. The van der Waals surface area contributed by atoms with Gasteiger partial charge in [-0.2, -0.15) is 17.0 Å². The molecule has 0 saturated carbocycles. The number of aryl methyl sites for hydroxylation is 1. The van der Waals surface area contributed by atoms with Crippen LogP contribution in [0.15, 0.2) is 6.07 Å². The number of esters is 1. The van der Waals surface area contributed by atoms with Crippen molar-refractivity contribution in [1.82, 2.24) is 9.80 Å². The van der Waals surface area contributed by atoms with E-state index in [1.807, 2.05) is 34.7 Å². The van der Waals surface area contributed by atoms with E-state index in [1.54, 1.807) is 11.8 Å². The van der Waals surface area contributed by atoms with E-state index in [9.17, 15) is 20.3 Å². The molecule has 2 fully saturated rings. The van der Waals surface area contributed by atoms with E-state index in [2.05, 4.69) is 21.9 Å². The number of rotatable bonds is 0. The first-order chi connectivity index (χ1) is 19.1. The van der Waals surface area contributed by atoms with Crippen LogP contribution in [0.25, 0.3) is 0 Å². The van der Waals surface area contributed by atoms with Crippen LogP contribution in [0.4, 0.5) is 0 Å². The molecule has 2 aromatic carbocycles. The molecule has 7 atom stereocenters. The number of hydrogen-bond donors (Lipinski definition) is 2. The minimum absolute atomic E-state index is 0. The maximum Gasteiger partial charge on any atom is 0.309 e. The fourth-order valence-corrected chi connectivity index (χ4v) is 9.19. The number of hydrogen-bond acceptors (Lipinski definition) is 10. The van der Waals surface area contributed by atoms with Gasteiger partial charge in [0.05, 0.1) is 29.3 Å². The predicted octanol–water partition coefficient (Wildman–Crippen LogP) is 3.95. The van der Waals surface area contributed by atoms with Crippen molar-refractivity contribution < 1.29 is 73.3 Å². The van der Waals surface area contributed by atoms with Crippen molar-refractivity contribution >= 4 is 17.7 Å². The summed E-state index contributed by atoms with van der Waals surface area (Å²) in [4.78, 5) is 17.4. The zero-order chi connectivity index (χ0) is 28.2. The largest absolute Gasteiger partial charge is 0.507 e. The molecule has 0 spiro atoms. The van der Waals surface area contributed by atoms with Gasteiger partial charge < -0.3 is 24.4 Å². The second kappa shape index (κ2) is 10.5. The Morgan fingerprint density at radius 3 is 2.49 bits per heavy atom. The molecular weight excluding hydrogens is 757 g/mol. The Hall–Kier alpha value is -1.69. The average molecular weight is 791 g/mol. The van der Waals surface area contributed by atoms with Crippen LogP contribution in [-0.2, 0) is 16.0 Å². The van der Waals surface area contributed by atoms with Crippen molar-refractivity contribution in [3.63, 3.8) is 0 Å². The molecule has 1 radical (unpaired) electrons. The summed E-state index contributed by atoms with van der Waals surface area (Å²) >= 11 is 1.60. The Morgan fingerprint density at radius 1 is 1.05 bits per heavy atom. The number of phenols is 2. The molecule has 11 heteroatoms. The summed E-state index contributed by atoms with van der Waals surface area (Å²) in [5, 5.41) is 33.8. The first-order valence-electron chi connectivity index (χ1n) is 13.8. The number of nitrogens with zero attached hydrogens (tertiary/aromatic N) is 3. The molecule has 41 heavy (non-hydrogen) atoms. The van der Waals surface area contributed by atoms with Crippen molar-refractivity contribution in [2.24, 2.45) is 5.92 Å². The van der Waals surface area contributed by atoms with Crippen LogP contribution in [-0.4, -0.2) is 70.3 Å². The van der Waals surface area contributed by atoms with Crippen molar-refractivity contribution in [2.75, 3.05) is 26.2 Å². The van der Waals surface area contributed by atoms with Gasteiger partial charge in [0.15, 0.2) is 11.5 Å². The molecule has 0 amide bonds. The first kappa shape index (κ1) is 29.4. The number of likely N-dealkylation sites (N-methyl/N-ethyl adjacent to an activating group) is 1. The quantitative estimate of drug-likeness (QED) is 0.381. The minimum atomic E-state index is -0.536. The van der Waals surface area contributed by atoms with Crippen LogP contribution >= 0.6 is 11.8 Å². The number of benzene rings is 2. The van der Waals surface area contributed by atoms with E-state index in [-0.39, 0.29) is 98.5 Å². The molecule has 4 bridgehead atoms. The van der Waals surface area contributed by atoms with Gasteiger partial charge in [0.25, 0.3) is 0 Å². The monoisotopic (exact) mass is 790 g/mol. The molecule has 5 aliphatic rings. The van der Waals surface area contributed by atoms with E-state index in [0.29, 0.717) is 35.0 Å². The normalized spacial score (nSPS) is 31.7. The zero-order valence-electron chi connectivity index (χ0n) is 23.8. The number of fused-ring (bicyclic) bond motifs is 9. The van der Waals surface area contributed by atoms with Crippen LogP contribution in [0, 0.1) is 82.1 Å². The number of carbonyl (C=O) groups excluding carboxylic acids is 1. The van der Waals surface area contributed by atoms with Crippen LogP contribution < -0.4 is 9.47 Å². The summed E-state index contributed by atoms with van der Waals surface area (Å²) in [6.07, 6.45) is 0.615. The molecule has 2 unspecified atom stereocenters. The number of carbonyl (C=O) groups is 1. The van der Waals surface area contributed by atoms with Crippen molar-refractivity contribution in [3.8, 4) is 29.1 Å². The number of nitriles is 1. The van der Waals surface area contributed by atoms with Gasteiger partial charge in [0.2, 0.25) is 6.79 Å². The maximum atomic E-state index is 12.9. The molecule has 2 saturated heterocycles. The standard InChI is InChI=1S/C30H33N3O6S.Ac/c1-12-6-16-7-17-18(8-31)33-19-9-37-30(36)13(2)10-40-29(24(33)23(32(17)5)20(16)25(34)14(12)3)22-21(19)28-27(38-11-39-28)15(4)26(22)35;/h6,13,17-19,23-24,29,34-35H,7,9-11H2,1-5H3;/t13?,17-,18+,19-,23-,24?,29-;/m1./s1. The third kappa shape index (κ3) is 4.00. The van der Waals surface area contributed by atoms with E-state index < -0.39 is 12.1 Å². The van der Waals surface area contributed by atoms with Gasteiger partial charge in [-0.05, 0) is 50.9 Å². The molecule has 9 nitrogen and oxygen atoms in total. The van der Waals surface area contributed by atoms with E-state index in [4.69, 9.17) is 14.2 Å². The average Bonchev–Trinajstić information content (AvgIpc) is 3.42. The summed E-state index contributed by atoms with van der Waals surface area (Å²) in [5.41, 5.74) is 5.93. The fourth-order valence-electron chi connectivity index (χ4n) is 7.66. The van der Waals surface area contributed by atoms with Crippen molar-refractivity contribution in [2.45, 2.75) is 69.6 Å². The van der Waals surface area contributed by atoms with E-state index in [0.717, 1.165) is 33.4 Å². The third-order valence-electron chi connectivity index (χ3n) is 9.81. The summed E-state index contributed by atoms with van der Waals surface area (Å²) in [7, 11) is 2.04.